The van der Waals surface area contributed by atoms with E-state index in [9.17, 15) is 9.18 Å². The van der Waals surface area contributed by atoms with Crippen LogP contribution in [-0.4, -0.2) is 19.2 Å². The fourth-order valence-corrected chi connectivity index (χ4v) is 2.77. The first-order valence-electron chi connectivity index (χ1n) is 7.45. The molecule has 0 spiro atoms. The third kappa shape index (κ3) is 3.79. The second-order valence-corrected chi connectivity index (χ2v) is 6.20. The summed E-state index contributed by atoms with van der Waals surface area (Å²) in [5.74, 6) is 0.917. The van der Waals surface area contributed by atoms with Gasteiger partial charge in [0, 0.05) is 16.6 Å². The Hall–Kier alpha value is -2.28. The minimum atomic E-state index is -0.371. The van der Waals surface area contributed by atoms with Crippen LogP contribution in [-0.2, 0) is 0 Å². The zero-order valence-electron chi connectivity index (χ0n) is 12.9. The lowest BCUT2D eigenvalue weighted by atomic mass is 10.1. The molecule has 1 aliphatic rings. The van der Waals surface area contributed by atoms with Gasteiger partial charge in [-0.3, -0.25) is 0 Å². The van der Waals surface area contributed by atoms with Crippen molar-refractivity contribution in [2.24, 2.45) is 0 Å². The number of carbonyl (C=O) groups excluding carboxylic acids is 1. The number of anilines is 1. The maximum atomic E-state index is 13.0. The average Bonchev–Trinajstić information content (AvgIpc) is 2.56. The predicted molar refractivity (Wildman–Crippen MR) is 92.1 cm³/mol. The van der Waals surface area contributed by atoms with E-state index in [1.165, 1.54) is 12.1 Å². The van der Waals surface area contributed by atoms with Crippen LogP contribution in [0.5, 0.6) is 11.5 Å². The lowest BCUT2D eigenvalue weighted by Gasteiger charge is -2.20. The van der Waals surface area contributed by atoms with Gasteiger partial charge in [0.25, 0.3) is 0 Å². The van der Waals surface area contributed by atoms with Crippen molar-refractivity contribution in [1.82, 2.24) is 5.32 Å². The Morgan fingerprint density at radius 2 is 1.79 bits per heavy atom. The highest BCUT2D eigenvalue weighted by molar-refractivity contribution is 9.10. The van der Waals surface area contributed by atoms with Crippen LogP contribution in [0.4, 0.5) is 14.9 Å². The number of hydrogen-bond acceptors (Lipinski definition) is 3. The second-order valence-electron chi connectivity index (χ2n) is 5.35. The van der Waals surface area contributed by atoms with Gasteiger partial charge in [-0.1, -0.05) is 12.1 Å². The summed E-state index contributed by atoms with van der Waals surface area (Å²) in [7, 11) is 0. The fraction of sp³-hybridized carbons (Fsp3) is 0.235. The molecule has 0 unspecified atom stereocenters. The summed E-state index contributed by atoms with van der Waals surface area (Å²) in [5.41, 5.74) is 1.39. The first kappa shape index (κ1) is 16.6. The molecule has 0 fully saturated rings. The normalized spacial score (nSPS) is 14.0. The van der Waals surface area contributed by atoms with Crippen LogP contribution in [0, 0.1) is 5.82 Å². The van der Waals surface area contributed by atoms with Crippen LogP contribution in [0.15, 0.2) is 40.9 Å². The summed E-state index contributed by atoms with van der Waals surface area (Å²) in [5, 5.41) is 5.57. The first-order valence-corrected chi connectivity index (χ1v) is 8.24. The van der Waals surface area contributed by atoms with Gasteiger partial charge in [-0.15, -0.1) is 0 Å². The summed E-state index contributed by atoms with van der Waals surface area (Å²) < 4.78 is 24.6. The lowest BCUT2D eigenvalue weighted by Crippen LogP contribution is -2.31. The number of benzene rings is 2. The van der Waals surface area contributed by atoms with Gasteiger partial charge < -0.3 is 20.1 Å². The van der Waals surface area contributed by atoms with Gasteiger partial charge in [-0.2, -0.15) is 0 Å². The van der Waals surface area contributed by atoms with Crippen LogP contribution in [0.2, 0.25) is 0 Å². The predicted octanol–water partition coefficient (Wildman–Crippen LogP) is 4.24. The van der Waals surface area contributed by atoms with E-state index in [4.69, 9.17) is 9.47 Å². The van der Waals surface area contributed by atoms with Crippen molar-refractivity contribution < 1.29 is 18.7 Å². The Kier molecular flexibility index (Phi) is 4.89. The molecular formula is C17H16BrFN2O3. The van der Waals surface area contributed by atoms with Crippen LogP contribution >= 0.6 is 15.9 Å². The molecule has 7 heteroatoms. The Morgan fingerprint density at radius 3 is 2.46 bits per heavy atom. The highest BCUT2D eigenvalue weighted by Gasteiger charge is 2.17. The Balaban J connectivity index is 1.67. The van der Waals surface area contributed by atoms with Gasteiger partial charge >= 0.3 is 6.03 Å². The SMILES string of the molecule is C[C@H](NC(=O)Nc1cc2c(cc1Br)OCCO2)c1ccc(F)cc1. The maximum absolute atomic E-state index is 13.0. The first-order chi connectivity index (χ1) is 11.5. The molecule has 3 rings (SSSR count). The van der Waals surface area contributed by atoms with Crippen LogP contribution in [0.1, 0.15) is 18.5 Å². The van der Waals surface area contributed by atoms with Crippen molar-refractivity contribution in [3.8, 4) is 11.5 Å². The topological polar surface area (TPSA) is 59.6 Å². The van der Waals surface area contributed by atoms with Gasteiger partial charge in [0.15, 0.2) is 11.5 Å². The summed E-state index contributed by atoms with van der Waals surface area (Å²) >= 11 is 3.40. The minimum Gasteiger partial charge on any atom is -0.486 e. The maximum Gasteiger partial charge on any atom is 0.319 e. The molecule has 1 heterocycles. The second kappa shape index (κ2) is 7.09. The van der Waals surface area contributed by atoms with E-state index in [0.29, 0.717) is 34.9 Å². The number of hydrogen-bond donors (Lipinski definition) is 2. The van der Waals surface area contributed by atoms with Crippen molar-refractivity contribution in [2.75, 3.05) is 18.5 Å². The van der Waals surface area contributed by atoms with Crippen molar-refractivity contribution in [3.63, 3.8) is 0 Å². The van der Waals surface area contributed by atoms with E-state index in [1.54, 1.807) is 24.3 Å². The van der Waals surface area contributed by atoms with E-state index in [0.717, 1.165) is 5.56 Å². The Bertz CT molecular complexity index is 752. The number of amides is 2. The number of halogens is 2. The van der Waals surface area contributed by atoms with Gasteiger partial charge in [-0.25, -0.2) is 9.18 Å². The number of rotatable bonds is 3. The highest BCUT2D eigenvalue weighted by atomic mass is 79.9. The fourth-order valence-electron chi connectivity index (χ4n) is 2.35. The lowest BCUT2D eigenvalue weighted by molar-refractivity contribution is 0.171. The molecule has 0 aliphatic carbocycles. The molecule has 0 radical (unpaired) electrons. The molecule has 0 aromatic heterocycles. The molecule has 0 saturated heterocycles. The number of fused-ring (bicyclic) bond motifs is 1. The van der Waals surface area contributed by atoms with Gasteiger partial charge in [-0.05, 0) is 40.5 Å². The average molecular weight is 395 g/mol. The van der Waals surface area contributed by atoms with E-state index >= 15 is 0 Å². The van der Waals surface area contributed by atoms with E-state index in [-0.39, 0.29) is 17.9 Å². The number of nitrogens with one attached hydrogen (secondary N) is 2. The molecule has 2 N–H and O–H groups in total. The molecule has 2 aromatic rings. The Labute approximate surface area is 147 Å². The molecule has 0 saturated carbocycles. The third-order valence-electron chi connectivity index (χ3n) is 3.60. The van der Waals surface area contributed by atoms with E-state index in [2.05, 4.69) is 26.6 Å². The third-order valence-corrected chi connectivity index (χ3v) is 4.25. The summed E-state index contributed by atoms with van der Waals surface area (Å²) in [4.78, 5) is 12.2. The molecule has 2 amide bonds. The van der Waals surface area contributed by atoms with Crippen molar-refractivity contribution in [1.29, 1.82) is 0 Å². The quantitative estimate of drug-likeness (QED) is 0.818. The summed E-state index contributed by atoms with van der Waals surface area (Å²) in [6.07, 6.45) is 0. The zero-order valence-corrected chi connectivity index (χ0v) is 14.5. The molecule has 0 bridgehead atoms. The van der Waals surface area contributed by atoms with Crippen molar-refractivity contribution in [3.05, 3.63) is 52.3 Å². The van der Waals surface area contributed by atoms with Crippen LogP contribution < -0.4 is 20.1 Å². The number of ether oxygens (including phenoxy) is 2. The molecule has 1 atom stereocenters. The van der Waals surface area contributed by atoms with Crippen LogP contribution in [0.3, 0.4) is 0 Å². The molecular weight excluding hydrogens is 379 g/mol. The molecule has 5 nitrogen and oxygen atoms in total. The molecule has 24 heavy (non-hydrogen) atoms. The van der Waals surface area contributed by atoms with E-state index in [1.807, 2.05) is 6.92 Å². The van der Waals surface area contributed by atoms with Crippen molar-refractivity contribution in [2.45, 2.75) is 13.0 Å². The highest BCUT2D eigenvalue weighted by Crippen LogP contribution is 2.38. The Morgan fingerprint density at radius 1 is 1.17 bits per heavy atom. The van der Waals surface area contributed by atoms with E-state index < -0.39 is 0 Å². The molecule has 1 aliphatic heterocycles. The molecule has 126 valence electrons. The monoisotopic (exact) mass is 394 g/mol. The minimum absolute atomic E-state index is 0.262. The van der Waals surface area contributed by atoms with Gasteiger partial charge in [0.1, 0.15) is 19.0 Å². The standard InChI is InChI=1S/C17H16BrFN2O3/c1-10(11-2-4-12(19)5-3-11)20-17(22)21-14-9-16-15(8-13(14)18)23-6-7-24-16/h2-5,8-10H,6-7H2,1H3,(H2,20,21,22)/t10-/m0/s1. The summed E-state index contributed by atoms with van der Waals surface area (Å²) in [6.45, 7) is 2.80. The molecule has 2 aromatic carbocycles. The summed E-state index contributed by atoms with van der Waals surface area (Å²) in [6, 6.07) is 8.84. The number of carbonyl (C=O) groups is 1. The van der Waals surface area contributed by atoms with Crippen LogP contribution in [0.25, 0.3) is 0 Å². The van der Waals surface area contributed by atoms with Crippen molar-refractivity contribution >= 4 is 27.6 Å². The van der Waals surface area contributed by atoms with Gasteiger partial charge in [0.2, 0.25) is 0 Å². The zero-order chi connectivity index (χ0) is 17.1. The van der Waals surface area contributed by atoms with Gasteiger partial charge in [0.05, 0.1) is 11.7 Å². The number of urea groups is 1. The largest absolute Gasteiger partial charge is 0.486 e. The smallest absolute Gasteiger partial charge is 0.319 e.